The van der Waals surface area contributed by atoms with Crippen LogP contribution in [0.5, 0.6) is 5.75 Å². The van der Waals surface area contributed by atoms with Gasteiger partial charge in [0, 0.05) is 43.0 Å². The highest BCUT2D eigenvalue weighted by atomic mass is 16.5. The Hall–Kier alpha value is -2.37. The van der Waals surface area contributed by atoms with Crippen LogP contribution in [0, 0.1) is 0 Å². The van der Waals surface area contributed by atoms with Crippen LogP contribution in [0.4, 0.5) is 5.69 Å². The first-order chi connectivity index (χ1) is 12.5. The number of carbonyl (C=O) groups excluding carboxylic acids is 1. The van der Waals surface area contributed by atoms with E-state index in [1.54, 1.807) is 31.4 Å². The summed E-state index contributed by atoms with van der Waals surface area (Å²) < 4.78 is 5.13. The Balaban J connectivity index is 1.65. The molecule has 2 aromatic rings. The maximum absolute atomic E-state index is 12.4. The van der Waals surface area contributed by atoms with E-state index in [4.69, 9.17) is 4.74 Å². The first kappa shape index (κ1) is 18.4. The topological polar surface area (TPSA) is 53.6 Å². The first-order valence-corrected chi connectivity index (χ1v) is 9.07. The van der Waals surface area contributed by atoms with Gasteiger partial charge in [-0.05, 0) is 55.8 Å². The highest BCUT2D eigenvalue weighted by Crippen LogP contribution is 2.18. The van der Waals surface area contributed by atoms with Crippen molar-refractivity contribution in [3.8, 4) is 5.75 Å². The number of methoxy groups -OCH3 is 1. The number of benzene rings is 2. The number of anilines is 1. The number of amides is 1. The zero-order valence-corrected chi connectivity index (χ0v) is 15.7. The summed E-state index contributed by atoms with van der Waals surface area (Å²) in [6.45, 7) is 7.39. The van der Waals surface area contributed by atoms with Crippen LogP contribution in [0.15, 0.2) is 48.5 Å². The molecule has 5 nitrogen and oxygen atoms in total. The summed E-state index contributed by atoms with van der Waals surface area (Å²) in [5, 5.41) is 6.49. The Morgan fingerprint density at radius 2 is 2.00 bits per heavy atom. The molecule has 3 rings (SSSR count). The van der Waals surface area contributed by atoms with Crippen LogP contribution in [-0.2, 0) is 6.54 Å². The Morgan fingerprint density at radius 1 is 1.23 bits per heavy atom. The normalized spacial score (nSPS) is 20.6. The molecule has 1 fully saturated rings. The van der Waals surface area contributed by atoms with Crippen LogP contribution >= 0.6 is 0 Å². The number of rotatable bonds is 5. The van der Waals surface area contributed by atoms with Crippen molar-refractivity contribution in [2.24, 2.45) is 0 Å². The summed E-state index contributed by atoms with van der Waals surface area (Å²) in [7, 11) is 1.61. The van der Waals surface area contributed by atoms with Gasteiger partial charge in [0.1, 0.15) is 5.75 Å². The molecule has 26 heavy (non-hydrogen) atoms. The number of piperazine rings is 1. The van der Waals surface area contributed by atoms with Gasteiger partial charge >= 0.3 is 0 Å². The molecule has 0 saturated carbocycles. The quantitative estimate of drug-likeness (QED) is 0.867. The number of carbonyl (C=O) groups is 1. The molecule has 0 spiro atoms. The van der Waals surface area contributed by atoms with Crippen LogP contribution in [0.25, 0.3) is 0 Å². The molecule has 1 amide bonds. The van der Waals surface area contributed by atoms with Gasteiger partial charge in [-0.2, -0.15) is 0 Å². The minimum absolute atomic E-state index is 0.117. The van der Waals surface area contributed by atoms with Crippen LogP contribution in [0.3, 0.4) is 0 Å². The third kappa shape index (κ3) is 4.62. The van der Waals surface area contributed by atoms with Crippen LogP contribution < -0.4 is 15.4 Å². The summed E-state index contributed by atoms with van der Waals surface area (Å²) in [6.07, 6.45) is 0. The number of hydrogen-bond donors (Lipinski definition) is 2. The van der Waals surface area contributed by atoms with Crippen LogP contribution in [-0.4, -0.2) is 43.1 Å². The van der Waals surface area contributed by atoms with Gasteiger partial charge in [0.25, 0.3) is 5.91 Å². The lowest BCUT2D eigenvalue weighted by Crippen LogP contribution is -2.53. The van der Waals surface area contributed by atoms with Crippen molar-refractivity contribution < 1.29 is 9.53 Å². The minimum atomic E-state index is -0.117. The molecule has 2 N–H and O–H groups in total. The Bertz CT molecular complexity index is 745. The lowest BCUT2D eigenvalue weighted by Gasteiger charge is -2.37. The third-order valence-electron chi connectivity index (χ3n) is 4.82. The Labute approximate surface area is 155 Å². The fourth-order valence-electron chi connectivity index (χ4n) is 3.25. The van der Waals surface area contributed by atoms with Crippen molar-refractivity contribution in [1.29, 1.82) is 0 Å². The maximum Gasteiger partial charge on any atom is 0.255 e. The molecule has 0 bridgehead atoms. The number of nitrogens with one attached hydrogen (secondary N) is 2. The monoisotopic (exact) mass is 353 g/mol. The summed E-state index contributed by atoms with van der Waals surface area (Å²) in [5.41, 5.74) is 2.64. The minimum Gasteiger partial charge on any atom is -0.497 e. The molecule has 5 heteroatoms. The van der Waals surface area contributed by atoms with E-state index in [1.807, 2.05) is 12.1 Å². The number of hydrogen-bond acceptors (Lipinski definition) is 4. The summed E-state index contributed by atoms with van der Waals surface area (Å²) >= 11 is 0. The van der Waals surface area contributed by atoms with Gasteiger partial charge < -0.3 is 15.4 Å². The molecule has 0 aromatic heterocycles. The van der Waals surface area contributed by atoms with E-state index in [-0.39, 0.29) is 5.91 Å². The zero-order chi connectivity index (χ0) is 18.5. The molecule has 0 radical (unpaired) electrons. The van der Waals surface area contributed by atoms with Crippen molar-refractivity contribution >= 4 is 11.6 Å². The van der Waals surface area contributed by atoms with Gasteiger partial charge in [-0.25, -0.2) is 0 Å². The third-order valence-corrected chi connectivity index (χ3v) is 4.82. The maximum atomic E-state index is 12.4. The number of nitrogens with zero attached hydrogens (tertiary/aromatic N) is 1. The molecule has 1 aliphatic rings. The van der Waals surface area contributed by atoms with E-state index in [9.17, 15) is 4.79 Å². The Morgan fingerprint density at radius 3 is 2.73 bits per heavy atom. The van der Waals surface area contributed by atoms with E-state index in [1.165, 1.54) is 5.56 Å². The largest absolute Gasteiger partial charge is 0.497 e. The van der Waals surface area contributed by atoms with E-state index in [2.05, 4.69) is 41.5 Å². The lowest BCUT2D eigenvalue weighted by molar-refractivity contribution is 0.102. The van der Waals surface area contributed by atoms with Gasteiger partial charge in [0.15, 0.2) is 0 Å². The predicted molar refractivity (Wildman–Crippen MR) is 105 cm³/mol. The van der Waals surface area contributed by atoms with Crippen molar-refractivity contribution in [3.05, 3.63) is 59.7 Å². The van der Waals surface area contributed by atoms with Crippen molar-refractivity contribution in [1.82, 2.24) is 10.2 Å². The summed E-state index contributed by atoms with van der Waals surface area (Å²) in [4.78, 5) is 14.9. The summed E-state index contributed by atoms with van der Waals surface area (Å²) in [5.74, 6) is 0.622. The van der Waals surface area contributed by atoms with Crippen LogP contribution in [0.2, 0.25) is 0 Å². The van der Waals surface area contributed by atoms with Crippen molar-refractivity contribution in [2.75, 3.05) is 25.5 Å². The van der Waals surface area contributed by atoms with Gasteiger partial charge in [-0.3, -0.25) is 9.69 Å². The molecule has 0 aliphatic carbocycles. The number of ether oxygens (including phenoxy) is 1. The van der Waals surface area contributed by atoms with Gasteiger partial charge in [-0.15, -0.1) is 0 Å². The molecule has 1 aliphatic heterocycles. The summed E-state index contributed by atoms with van der Waals surface area (Å²) in [6, 6.07) is 16.2. The van der Waals surface area contributed by atoms with E-state index in [0.29, 0.717) is 17.6 Å². The fraction of sp³-hybridized carbons (Fsp3) is 0.381. The van der Waals surface area contributed by atoms with Crippen molar-refractivity contribution in [3.63, 3.8) is 0 Å². The predicted octanol–water partition coefficient (Wildman–Crippen LogP) is 3.13. The molecule has 1 heterocycles. The zero-order valence-electron chi connectivity index (χ0n) is 15.7. The average Bonchev–Trinajstić information content (AvgIpc) is 2.65. The fourth-order valence-corrected chi connectivity index (χ4v) is 3.25. The lowest BCUT2D eigenvalue weighted by atomic mass is 10.1. The first-order valence-electron chi connectivity index (χ1n) is 9.07. The van der Waals surface area contributed by atoms with E-state index in [0.717, 1.165) is 31.1 Å². The molecule has 2 unspecified atom stereocenters. The van der Waals surface area contributed by atoms with Gasteiger partial charge in [0.05, 0.1) is 7.11 Å². The second-order valence-corrected chi connectivity index (χ2v) is 6.97. The molecule has 1 saturated heterocycles. The average molecular weight is 353 g/mol. The highest BCUT2D eigenvalue weighted by molar-refractivity contribution is 6.04. The van der Waals surface area contributed by atoms with E-state index >= 15 is 0 Å². The van der Waals surface area contributed by atoms with Crippen LogP contribution in [0.1, 0.15) is 29.8 Å². The molecular weight excluding hydrogens is 326 g/mol. The molecule has 2 atom stereocenters. The van der Waals surface area contributed by atoms with Gasteiger partial charge in [0.2, 0.25) is 0 Å². The van der Waals surface area contributed by atoms with Crippen molar-refractivity contribution in [2.45, 2.75) is 32.5 Å². The molecule has 2 aromatic carbocycles. The van der Waals surface area contributed by atoms with E-state index < -0.39 is 0 Å². The standard InChI is InChI=1S/C21H27N3O2/c1-15-13-24(16(2)12-22-15)14-17-5-4-6-19(11-17)23-21(25)18-7-9-20(26-3)10-8-18/h4-11,15-16,22H,12-14H2,1-3H3,(H,23,25). The van der Waals surface area contributed by atoms with Gasteiger partial charge in [-0.1, -0.05) is 12.1 Å². The Kier molecular flexibility index (Phi) is 5.91. The SMILES string of the molecule is COc1ccc(C(=O)Nc2cccc(CN3CC(C)NCC3C)c2)cc1. The molecular formula is C21H27N3O2. The molecule has 138 valence electrons. The second-order valence-electron chi connectivity index (χ2n) is 6.97. The highest BCUT2D eigenvalue weighted by Gasteiger charge is 2.22. The second kappa shape index (κ2) is 8.34. The smallest absolute Gasteiger partial charge is 0.255 e.